The van der Waals surface area contributed by atoms with E-state index in [-0.39, 0.29) is 18.0 Å². The molecule has 0 aromatic heterocycles. The first-order valence-corrected chi connectivity index (χ1v) is 7.61. The van der Waals surface area contributed by atoms with Gasteiger partial charge in [-0.1, -0.05) is 29.8 Å². The molecule has 0 unspecified atom stereocenters. The van der Waals surface area contributed by atoms with Crippen LogP contribution in [0.1, 0.15) is 18.4 Å². The molecule has 0 aliphatic carbocycles. The molecule has 6 heteroatoms. The minimum Gasteiger partial charge on any atom is -0.338 e. The number of nitrogens with one attached hydrogen (secondary N) is 2. The van der Waals surface area contributed by atoms with E-state index >= 15 is 0 Å². The van der Waals surface area contributed by atoms with Crippen LogP contribution in [0.3, 0.4) is 0 Å². The van der Waals surface area contributed by atoms with E-state index in [1.54, 1.807) is 0 Å². The molecule has 2 heterocycles. The summed E-state index contributed by atoms with van der Waals surface area (Å²) in [5.74, 6) is 0.00269. The number of urea groups is 1. The van der Waals surface area contributed by atoms with Gasteiger partial charge in [-0.25, -0.2) is 4.79 Å². The average molecular weight is 308 g/mol. The van der Waals surface area contributed by atoms with Gasteiger partial charge in [-0.3, -0.25) is 4.79 Å². The molecule has 0 saturated carbocycles. The SMILES string of the molecule is O=C1NC[C@@H](C(=O)N2CCC[C@@H]2Cc2ccccc2Cl)N1. The summed E-state index contributed by atoms with van der Waals surface area (Å²) in [5.41, 5.74) is 1.07. The molecule has 2 aliphatic heterocycles. The lowest BCUT2D eigenvalue weighted by molar-refractivity contribution is -0.133. The largest absolute Gasteiger partial charge is 0.338 e. The van der Waals surface area contributed by atoms with Crippen LogP contribution in [0.5, 0.6) is 0 Å². The van der Waals surface area contributed by atoms with Crippen molar-refractivity contribution >= 4 is 23.5 Å². The standard InChI is InChI=1S/C15H18ClN3O2/c16-12-6-2-1-4-10(12)8-11-5-3-7-19(11)14(20)13-9-17-15(21)18-13/h1-2,4,6,11,13H,3,5,7-9H2,(H2,17,18,21)/t11-,13+/m1/s1. The highest BCUT2D eigenvalue weighted by molar-refractivity contribution is 6.31. The number of likely N-dealkylation sites (tertiary alicyclic amines) is 1. The Morgan fingerprint density at radius 3 is 2.90 bits per heavy atom. The minimum absolute atomic E-state index is 0.00269. The van der Waals surface area contributed by atoms with E-state index in [9.17, 15) is 9.59 Å². The molecule has 0 bridgehead atoms. The van der Waals surface area contributed by atoms with E-state index in [0.29, 0.717) is 6.54 Å². The Kier molecular flexibility index (Phi) is 4.01. The maximum Gasteiger partial charge on any atom is 0.315 e. The van der Waals surface area contributed by atoms with Crippen LogP contribution in [0.25, 0.3) is 0 Å². The first-order chi connectivity index (χ1) is 10.1. The third-order valence-corrected chi connectivity index (χ3v) is 4.51. The quantitative estimate of drug-likeness (QED) is 0.890. The van der Waals surface area contributed by atoms with Gasteiger partial charge >= 0.3 is 6.03 Å². The number of hydrogen-bond acceptors (Lipinski definition) is 2. The zero-order valence-electron chi connectivity index (χ0n) is 11.6. The molecule has 2 atom stereocenters. The summed E-state index contributed by atoms with van der Waals surface area (Å²) < 4.78 is 0. The smallest absolute Gasteiger partial charge is 0.315 e. The fourth-order valence-corrected chi connectivity index (χ4v) is 3.27. The number of halogens is 1. The van der Waals surface area contributed by atoms with Crippen LogP contribution >= 0.6 is 11.6 Å². The van der Waals surface area contributed by atoms with Crippen molar-refractivity contribution < 1.29 is 9.59 Å². The molecule has 5 nitrogen and oxygen atoms in total. The van der Waals surface area contributed by atoms with Crippen LogP contribution in [-0.4, -0.2) is 42.0 Å². The Hall–Kier alpha value is -1.75. The summed E-state index contributed by atoms with van der Waals surface area (Å²) in [4.78, 5) is 25.6. The number of amides is 3. The lowest BCUT2D eigenvalue weighted by Gasteiger charge is -2.27. The van der Waals surface area contributed by atoms with E-state index in [0.717, 1.165) is 36.4 Å². The topological polar surface area (TPSA) is 61.4 Å². The number of benzene rings is 1. The molecule has 3 amide bonds. The van der Waals surface area contributed by atoms with Gasteiger partial charge in [0, 0.05) is 24.2 Å². The second-order valence-electron chi connectivity index (χ2n) is 5.53. The Morgan fingerprint density at radius 1 is 1.38 bits per heavy atom. The van der Waals surface area contributed by atoms with Gasteiger partial charge in [0.05, 0.1) is 0 Å². The fourth-order valence-electron chi connectivity index (χ4n) is 3.06. The van der Waals surface area contributed by atoms with Gasteiger partial charge in [0.2, 0.25) is 5.91 Å². The molecule has 2 fully saturated rings. The second kappa shape index (κ2) is 5.93. The molecule has 112 valence electrons. The van der Waals surface area contributed by atoms with Gasteiger partial charge in [0.25, 0.3) is 0 Å². The lowest BCUT2D eigenvalue weighted by atomic mass is 10.0. The third-order valence-electron chi connectivity index (χ3n) is 4.14. The molecule has 2 aliphatic rings. The summed E-state index contributed by atoms with van der Waals surface area (Å²) in [6.07, 6.45) is 2.74. The highest BCUT2D eigenvalue weighted by atomic mass is 35.5. The van der Waals surface area contributed by atoms with Crippen LogP contribution in [0.2, 0.25) is 5.02 Å². The average Bonchev–Trinajstić information content (AvgIpc) is 3.10. The number of hydrogen-bond donors (Lipinski definition) is 2. The van der Waals surface area contributed by atoms with E-state index in [1.165, 1.54) is 0 Å². The number of carbonyl (C=O) groups excluding carboxylic acids is 2. The maximum absolute atomic E-state index is 12.5. The van der Waals surface area contributed by atoms with Crippen LogP contribution in [0.4, 0.5) is 4.79 Å². The Morgan fingerprint density at radius 2 is 2.19 bits per heavy atom. The van der Waals surface area contributed by atoms with E-state index in [4.69, 9.17) is 11.6 Å². The molecule has 1 aromatic rings. The van der Waals surface area contributed by atoms with Crippen molar-refractivity contribution in [2.24, 2.45) is 0 Å². The summed E-state index contributed by atoms with van der Waals surface area (Å²) in [7, 11) is 0. The van der Waals surface area contributed by atoms with Crippen LogP contribution in [0, 0.1) is 0 Å². The molecule has 1 aromatic carbocycles. The Labute approximate surface area is 128 Å². The monoisotopic (exact) mass is 307 g/mol. The van der Waals surface area contributed by atoms with Gasteiger partial charge < -0.3 is 15.5 Å². The van der Waals surface area contributed by atoms with E-state index in [1.807, 2.05) is 29.2 Å². The van der Waals surface area contributed by atoms with Gasteiger partial charge in [0.15, 0.2) is 0 Å². The Bertz CT molecular complexity index is 564. The van der Waals surface area contributed by atoms with Crippen molar-refractivity contribution in [3.63, 3.8) is 0 Å². The predicted octanol–water partition coefficient (Wildman–Crippen LogP) is 1.55. The first-order valence-electron chi connectivity index (χ1n) is 7.23. The fraction of sp³-hybridized carbons (Fsp3) is 0.467. The Balaban J connectivity index is 1.69. The molecule has 3 rings (SSSR count). The number of rotatable bonds is 3. The lowest BCUT2D eigenvalue weighted by Crippen LogP contribution is -2.48. The molecule has 0 spiro atoms. The molecular weight excluding hydrogens is 290 g/mol. The minimum atomic E-state index is -0.440. The molecule has 2 N–H and O–H groups in total. The van der Waals surface area contributed by atoms with Crippen molar-refractivity contribution in [1.29, 1.82) is 0 Å². The van der Waals surface area contributed by atoms with Crippen LogP contribution in [-0.2, 0) is 11.2 Å². The van der Waals surface area contributed by atoms with Crippen LogP contribution in [0.15, 0.2) is 24.3 Å². The zero-order valence-corrected chi connectivity index (χ0v) is 12.4. The summed E-state index contributed by atoms with van der Waals surface area (Å²) in [5, 5.41) is 6.03. The highest BCUT2D eigenvalue weighted by Crippen LogP contribution is 2.25. The highest BCUT2D eigenvalue weighted by Gasteiger charge is 2.36. The molecule has 2 saturated heterocycles. The third kappa shape index (κ3) is 2.97. The second-order valence-corrected chi connectivity index (χ2v) is 5.94. The van der Waals surface area contributed by atoms with Gasteiger partial charge in [-0.2, -0.15) is 0 Å². The zero-order chi connectivity index (χ0) is 14.8. The number of carbonyl (C=O) groups is 2. The summed E-state index contributed by atoms with van der Waals surface area (Å²) >= 11 is 6.21. The van der Waals surface area contributed by atoms with E-state index in [2.05, 4.69) is 10.6 Å². The molecular formula is C15H18ClN3O2. The van der Waals surface area contributed by atoms with Gasteiger partial charge in [0.1, 0.15) is 6.04 Å². The maximum atomic E-state index is 12.5. The summed E-state index contributed by atoms with van der Waals surface area (Å²) in [6, 6.07) is 7.20. The van der Waals surface area contributed by atoms with Gasteiger partial charge in [-0.05, 0) is 30.9 Å². The van der Waals surface area contributed by atoms with Crippen molar-refractivity contribution in [2.45, 2.75) is 31.3 Å². The van der Waals surface area contributed by atoms with E-state index < -0.39 is 6.04 Å². The van der Waals surface area contributed by atoms with Crippen molar-refractivity contribution in [3.8, 4) is 0 Å². The van der Waals surface area contributed by atoms with Gasteiger partial charge in [-0.15, -0.1) is 0 Å². The van der Waals surface area contributed by atoms with Crippen molar-refractivity contribution in [1.82, 2.24) is 15.5 Å². The summed E-state index contributed by atoms with van der Waals surface area (Å²) in [6.45, 7) is 1.12. The molecule has 0 radical (unpaired) electrons. The van der Waals surface area contributed by atoms with Crippen molar-refractivity contribution in [2.75, 3.05) is 13.1 Å². The van der Waals surface area contributed by atoms with Crippen molar-refractivity contribution in [3.05, 3.63) is 34.9 Å². The molecule has 21 heavy (non-hydrogen) atoms. The predicted molar refractivity (Wildman–Crippen MR) is 80.2 cm³/mol. The van der Waals surface area contributed by atoms with Crippen LogP contribution < -0.4 is 10.6 Å². The number of nitrogens with zero attached hydrogens (tertiary/aromatic N) is 1. The normalized spacial score (nSPS) is 24.8. The first kappa shape index (κ1) is 14.2.